The minimum atomic E-state index is -3.69. The number of ether oxygens (including phenoxy) is 1. The fourth-order valence-electron chi connectivity index (χ4n) is 8.95. The number of benzene rings is 1. The van der Waals surface area contributed by atoms with Gasteiger partial charge in [-0.15, -0.1) is 0 Å². The molecule has 0 saturated heterocycles. The van der Waals surface area contributed by atoms with E-state index in [4.69, 9.17) is 4.74 Å². The van der Waals surface area contributed by atoms with Gasteiger partial charge in [-0.1, -0.05) is 13.0 Å². The first kappa shape index (κ1) is 29.5. The smallest absolute Gasteiger partial charge is 0.243 e. The summed E-state index contributed by atoms with van der Waals surface area (Å²) < 4.78 is 34.4. The average Bonchev–Trinajstić information content (AvgIpc) is 3.28. The van der Waals surface area contributed by atoms with Crippen LogP contribution in [0.5, 0.6) is 0 Å². The Bertz CT molecular complexity index is 1090. The van der Waals surface area contributed by atoms with Crippen molar-refractivity contribution in [2.24, 2.45) is 40.9 Å². The van der Waals surface area contributed by atoms with E-state index in [-0.39, 0.29) is 23.0 Å². The number of nitrogens with zero attached hydrogens (tertiary/aromatic N) is 2. The van der Waals surface area contributed by atoms with E-state index in [1.165, 1.54) is 31.7 Å². The number of fused-ring (bicyclic) bond motifs is 3. The molecule has 212 valence electrons. The number of nitriles is 1. The highest BCUT2D eigenvalue weighted by molar-refractivity contribution is 7.89. The molecule has 0 heterocycles. The quantitative estimate of drug-likeness (QED) is 0.353. The number of aliphatic hydroxyl groups excluding tert-OH is 1. The van der Waals surface area contributed by atoms with E-state index in [9.17, 15) is 18.8 Å². The van der Waals surface area contributed by atoms with E-state index in [1.807, 2.05) is 0 Å². The molecule has 3 saturated carbocycles. The van der Waals surface area contributed by atoms with E-state index in [2.05, 4.69) is 26.8 Å². The maximum atomic E-state index is 13.6. The molecule has 8 atom stereocenters. The molecule has 3 fully saturated rings. The monoisotopic (exact) mass is 544 g/mol. The topological polar surface area (TPSA) is 90.6 Å². The lowest BCUT2D eigenvalue weighted by atomic mass is 9.50. The van der Waals surface area contributed by atoms with Gasteiger partial charge in [0.25, 0.3) is 0 Å². The van der Waals surface area contributed by atoms with Crippen LogP contribution in [0.4, 0.5) is 0 Å². The number of hydrogen-bond donors (Lipinski definition) is 1. The SMILES string of the molecule is CCOCC[C@H]1CC[C@@H]2[C@H](CC[C@]3(C)C([C@@H](C)N(C)S(=O)(=O)c4cccc(C#N)c4)CC[C@@H]23)[C@H]1CCCO. The van der Waals surface area contributed by atoms with Gasteiger partial charge < -0.3 is 9.84 Å². The minimum Gasteiger partial charge on any atom is -0.396 e. The second-order valence-corrected chi connectivity index (χ2v) is 14.4. The summed E-state index contributed by atoms with van der Waals surface area (Å²) in [6.45, 7) is 8.48. The maximum Gasteiger partial charge on any atom is 0.243 e. The normalized spacial score (nSPS) is 33.9. The predicted molar refractivity (Wildman–Crippen MR) is 150 cm³/mol. The highest BCUT2D eigenvalue weighted by Gasteiger charge is 2.58. The Morgan fingerprint density at radius 3 is 2.68 bits per heavy atom. The van der Waals surface area contributed by atoms with Crippen molar-refractivity contribution >= 4 is 10.0 Å². The molecule has 38 heavy (non-hydrogen) atoms. The third-order valence-corrected chi connectivity index (χ3v) is 12.9. The van der Waals surface area contributed by atoms with Crippen molar-refractivity contribution in [2.45, 2.75) is 89.5 Å². The summed E-state index contributed by atoms with van der Waals surface area (Å²) in [5, 5.41) is 18.9. The number of hydrogen-bond acceptors (Lipinski definition) is 5. The minimum absolute atomic E-state index is 0.106. The third kappa shape index (κ3) is 5.57. The Kier molecular flexibility index (Phi) is 9.61. The van der Waals surface area contributed by atoms with Gasteiger partial charge in [0.1, 0.15) is 0 Å². The lowest BCUT2D eigenvalue weighted by molar-refractivity contribution is -0.0658. The largest absolute Gasteiger partial charge is 0.396 e. The molecule has 3 aliphatic carbocycles. The summed E-state index contributed by atoms with van der Waals surface area (Å²) in [4.78, 5) is 0.200. The first-order valence-electron chi connectivity index (χ1n) is 14.9. The summed E-state index contributed by atoms with van der Waals surface area (Å²) in [6, 6.07) is 8.33. The van der Waals surface area contributed by atoms with Crippen LogP contribution in [0.15, 0.2) is 29.2 Å². The number of rotatable bonds is 11. The van der Waals surface area contributed by atoms with Gasteiger partial charge in [0.05, 0.1) is 16.5 Å². The highest BCUT2D eigenvalue weighted by atomic mass is 32.2. The van der Waals surface area contributed by atoms with Crippen LogP contribution in [0.25, 0.3) is 0 Å². The van der Waals surface area contributed by atoms with Crippen LogP contribution in [0.2, 0.25) is 0 Å². The molecular weight excluding hydrogens is 496 g/mol. The van der Waals surface area contributed by atoms with Gasteiger partial charge in [-0.2, -0.15) is 9.57 Å². The Hall–Kier alpha value is -1.46. The standard InChI is InChI=1S/C31H48N2O4S/c1-5-37-19-16-24-11-12-28-27(26(24)10-7-18-34)15-17-31(3)29(13-14-30(28)31)22(2)33(4)38(35,36)25-9-6-8-23(20-25)21-32/h6,8-9,20,22,24,26-30,34H,5,7,10-19H2,1-4H3/t22-,24-,26+,27-,28-,29?,30+,31-/m1/s1. The average molecular weight is 545 g/mol. The van der Waals surface area contributed by atoms with Crippen LogP contribution < -0.4 is 0 Å². The second kappa shape index (κ2) is 12.4. The molecule has 0 amide bonds. The van der Waals surface area contributed by atoms with E-state index in [0.29, 0.717) is 41.1 Å². The van der Waals surface area contributed by atoms with E-state index >= 15 is 0 Å². The Morgan fingerprint density at radius 2 is 1.97 bits per heavy atom. The molecule has 0 radical (unpaired) electrons. The van der Waals surface area contributed by atoms with Crippen LogP contribution in [-0.4, -0.2) is 50.7 Å². The van der Waals surface area contributed by atoms with Gasteiger partial charge in [-0.3, -0.25) is 0 Å². The summed E-state index contributed by atoms with van der Waals surface area (Å²) in [5.74, 6) is 3.72. The van der Waals surface area contributed by atoms with Crippen LogP contribution >= 0.6 is 0 Å². The molecule has 1 aromatic rings. The molecule has 1 aromatic carbocycles. The molecule has 0 aromatic heterocycles. The van der Waals surface area contributed by atoms with E-state index in [1.54, 1.807) is 29.6 Å². The van der Waals surface area contributed by atoms with Crippen molar-refractivity contribution in [1.29, 1.82) is 5.26 Å². The first-order chi connectivity index (χ1) is 18.2. The zero-order valence-electron chi connectivity index (χ0n) is 23.8. The lowest BCUT2D eigenvalue weighted by Gasteiger charge is -2.55. The Labute approximate surface area is 230 Å². The Morgan fingerprint density at radius 1 is 1.18 bits per heavy atom. The summed E-state index contributed by atoms with van der Waals surface area (Å²) in [7, 11) is -1.97. The molecule has 1 unspecified atom stereocenters. The van der Waals surface area contributed by atoms with Crippen LogP contribution in [0, 0.1) is 52.3 Å². The summed E-state index contributed by atoms with van der Waals surface area (Å²) >= 11 is 0. The maximum absolute atomic E-state index is 13.6. The molecule has 7 heteroatoms. The van der Waals surface area contributed by atoms with Crippen LogP contribution in [0.1, 0.15) is 84.1 Å². The zero-order valence-corrected chi connectivity index (χ0v) is 24.6. The molecule has 0 bridgehead atoms. The number of sulfonamides is 1. The van der Waals surface area contributed by atoms with Gasteiger partial charge in [-0.05, 0) is 131 Å². The fourth-order valence-corrected chi connectivity index (χ4v) is 10.4. The summed E-state index contributed by atoms with van der Waals surface area (Å²) in [5.41, 5.74) is 0.504. The van der Waals surface area contributed by atoms with E-state index < -0.39 is 10.0 Å². The first-order valence-corrected chi connectivity index (χ1v) is 16.3. The van der Waals surface area contributed by atoms with Crippen molar-refractivity contribution in [1.82, 2.24) is 4.31 Å². The van der Waals surface area contributed by atoms with Crippen molar-refractivity contribution in [3.63, 3.8) is 0 Å². The molecule has 0 spiro atoms. The fraction of sp³-hybridized carbons (Fsp3) is 0.774. The predicted octanol–water partition coefficient (Wildman–Crippen LogP) is 5.85. The molecule has 3 aliphatic rings. The van der Waals surface area contributed by atoms with Crippen LogP contribution in [0.3, 0.4) is 0 Å². The van der Waals surface area contributed by atoms with Gasteiger partial charge in [0.15, 0.2) is 0 Å². The molecular formula is C31H48N2O4S. The zero-order chi connectivity index (χ0) is 27.5. The highest BCUT2D eigenvalue weighted by Crippen LogP contribution is 2.64. The van der Waals surface area contributed by atoms with Crippen molar-refractivity contribution < 1.29 is 18.3 Å². The Balaban J connectivity index is 1.51. The van der Waals surface area contributed by atoms with Gasteiger partial charge in [0, 0.05) is 32.9 Å². The van der Waals surface area contributed by atoms with Crippen molar-refractivity contribution in [3.8, 4) is 6.07 Å². The van der Waals surface area contributed by atoms with Gasteiger partial charge in [0.2, 0.25) is 10.0 Å². The second-order valence-electron chi connectivity index (χ2n) is 12.4. The molecule has 1 N–H and O–H groups in total. The van der Waals surface area contributed by atoms with Crippen molar-refractivity contribution in [2.75, 3.05) is 26.9 Å². The van der Waals surface area contributed by atoms with Crippen LogP contribution in [-0.2, 0) is 14.8 Å². The van der Waals surface area contributed by atoms with Gasteiger partial charge >= 0.3 is 0 Å². The molecule has 6 nitrogen and oxygen atoms in total. The summed E-state index contributed by atoms with van der Waals surface area (Å²) in [6.07, 6.45) is 10.3. The third-order valence-electron chi connectivity index (χ3n) is 10.9. The van der Waals surface area contributed by atoms with Crippen molar-refractivity contribution in [3.05, 3.63) is 29.8 Å². The molecule has 0 aliphatic heterocycles. The number of aliphatic hydroxyl groups is 1. The molecule has 4 rings (SSSR count). The van der Waals surface area contributed by atoms with Gasteiger partial charge in [-0.25, -0.2) is 8.42 Å². The lowest BCUT2D eigenvalue weighted by Crippen LogP contribution is -2.51. The van der Waals surface area contributed by atoms with E-state index in [0.717, 1.165) is 45.3 Å².